The van der Waals surface area contributed by atoms with E-state index in [4.69, 9.17) is 68.6 Å². The summed E-state index contributed by atoms with van der Waals surface area (Å²) >= 11 is 17.0. The van der Waals surface area contributed by atoms with Crippen molar-refractivity contribution in [1.82, 2.24) is 0 Å². The quantitative estimate of drug-likeness (QED) is 0.125. The lowest BCUT2D eigenvalue weighted by Gasteiger charge is -2.44. The van der Waals surface area contributed by atoms with Crippen molar-refractivity contribution in [3.05, 3.63) is 25.3 Å². The second-order valence-electron chi connectivity index (χ2n) is 6.05. The molecule has 0 radical (unpaired) electrons. The van der Waals surface area contributed by atoms with Crippen LogP contribution in [0.15, 0.2) is 25.3 Å². The van der Waals surface area contributed by atoms with Gasteiger partial charge in [-0.05, 0) is 0 Å². The van der Waals surface area contributed by atoms with E-state index in [1.807, 2.05) is 0 Å². The number of carbonyl (C=O) groups excluding carboxylic acids is 2. The summed E-state index contributed by atoms with van der Waals surface area (Å²) in [5, 5.41) is 7.82. The zero-order chi connectivity index (χ0) is 22.9. The molecule has 0 aromatic carbocycles. The number of halogens is 3. The topological polar surface area (TPSA) is 113 Å². The van der Waals surface area contributed by atoms with E-state index < -0.39 is 52.3 Å². The number of hydrogen-bond donors (Lipinski definition) is 1. The van der Waals surface area contributed by atoms with Gasteiger partial charge in [-0.25, -0.2) is 0 Å². The van der Waals surface area contributed by atoms with Gasteiger partial charge in [0.05, 0.1) is 19.8 Å². The lowest BCUT2D eigenvalue weighted by atomic mass is 9.98. The van der Waals surface area contributed by atoms with Crippen LogP contribution in [0.2, 0.25) is 0 Å². The fourth-order valence-electron chi connectivity index (χ4n) is 2.58. The lowest BCUT2D eigenvalue weighted by molar-refractivity contribution is -0.296. The highest BCUT2D eigenvalue weighted by atomic mass is 35.6. The van der Waals surface area contributed by atoms with Crippen LogP contribution in [-0.2, 0) is 38.0 Å². The van der Waals surface area contributed by atoms with E-state index in [1.54, 1.807) is 0 Å². The van der Waals surface area contributed by atoms with Gasteiger partial charge in [-0.3, -0.25) is 15.0 Å². The number of esters is 2. The van der Waals surface area contributed by atoms with E-state index in [2.05, 4.69) is 13.2 Å². The monoisotopic (exact) mass is 487 g/mol. The van der Waals surface area contributed by atoms with Crippen LogP contribution in [0.1, 0.15) is 13.8 Å². The number of hydrogen-bond acceptors (Lipinski definition) is 9. The third kappa shape index (κ3) is 8.41. The Morgan fingerprint density at radius 1 is 1.00 bits per heavy atom. The summed E-state index contributed by atoms with van der Waals surface area (Å²) in [6.45, 7) is 9.63. The minimum Gasteiger partial charge on any atom is -0.457 e. The van der Waals surface area contributed by atoms with Crippen molar-refractivity contribution < 1.29 is 38.0 Å². The van der Waals surface area contributed by atoms with Crippen molar-refractivity contribution >= 4 is 52.6 Å². The van der Waals surface area contributed by atoms with Crippen LogP contribution in [0.25, 0.3) is 0 Å². The molecule has 0 aliphatic carbocycles. The highest BCUT2D eigenvalue weighted by Gasteiger charge is 2.52. The second kappa shape index (κ2) is 12.5. The third-order valence-corrected chi connectivity index (χ3v) is 4.13. The minimum absolute atomic E-state index is 0.0229. The molecule has 1 heterocycles. The molecule has 1 fully saturated rings. The van der Waals surface area contributed by atoms with E-state index >= 15 is 0 Å². The Balaban J connectivity index is 3.30. The molecule has 170 valence electrons. The molecule has 0 amide bonds. The SMILES string of the molecule is C=CCOC[C@H]1OC(OC(=N)C(Cl)(Cl)Cl)[C@H](OC(C)=O)[C@@H](OCC=C)[C@H]1OC(C)=O. The first-order valence-corrected chi connectivity index (χ1v) is 9.88. The Kier molecular flexibility index (Phi) is 11.1. The van der Waals surface area contributed by atoms with Gasteiger partial charge in [-0.15, -0.1) is 13.2 Å². The fraction of sp³-hybridized carbons (Fsp3) is 0.611. The molecular weight excluding hydrogens is 465 g/mol. The molecule has 0 saturated carbocycles. The Morgan fingerprint density at radius 2 is 1.57 bits per heavy atom. The minimum atomic E-state index is -2.19. The van der Waals surface area contributed by atoms with E-state index in [9.17, 15) is 9.59 Å². The van der Waals surface area contributed by atoms with Crippen LogP contribution in [-0.4, -0.2) is 72.2 Å². The molecule has 1 rings (SSSR count). The third-order valence-electron chi connectivity index (χ3n) is 3.61. The predicted octanol–water partition coefficient (Wildman–Crippen LogP) is 2.71. The Morgan fingerprint density at radius 3 is 2.07 bits per heavy atom. The second-order valence-corrected chi connectivity index (χ2v) is 8.33. The number of nitrogens with one attached hydrogen (secondary N) is 1. The summed E-state index contributed by atoms with van der Waals surface area (Å²) in [5.74, 6) is -2.10. The van der Waals surface area contributed by atoms with Gasteiger partial charge < -0.3 is 28.4 Å². The molecule has 0 spiro atoms. The maximum Gasteiger partial charge on any atom is 0.303 e. The van der Waals surface area contributed by atoms with Gasteiger partial charge in [0, 0.05) is 13.8 Å². The van der Waals surface area contributed by atoms with Crippen LogP contribution in [0.4, 0.5) is 0 Å². The molecule has 1 saturated heterocycles. The van der Waals surface area contributed by atoms with Crippen LogP contribution in [0.5, 0.6) is 0 Å². The molecule has 1 unspecified atom stereocenters. The van der Waals surface area contributed by atoms with Crippen molar-refractivity contribution in [2.45, 2.75) is 48.3 Å². The van der Waals surface area contributed by atoms with E-state index in [1.165, 1.54) is 19.1 Å². The van der Waals surface area contributed by atoms with Crippen molar-refractivity contribution in [3.8, 4) is 0 Å². The first kappa shape index (κ1) is 26.7. The molecule has 1 aliphatic rings. The maximum atomic E-state index is 11.7. The van der Waals surface area contributed by atoms with Crippen molar-refractivity contribution in [2.75, 3.05) is 19.8 Å². The molecule has 30 heavy (non-hydrogen) atoms. The predicted molar refractivity (Wildman–Crippen MR) is 110 cm³/mol. The average molecular weight is 489 g/mol. The van der Waals surface area contributed by atoms with Crippen LogP contribution in [0, 0.1) is 5.41 Å². The van der Waals surface area contributed by atoms with E-state index in [0.717, 1.165) is 6.92 Å². The van der Waals surface area contributed by atoms with Gasteiger partial charge >= 0.3 is 11.9 Å². The van der Waals surface area contributed by atoms with Gasteiger partial charge in [0.25, 0.3) is 3.79 Å². The first-order chi connectivity index (χ1) is 14.0. The highest BCUT2D eigenvalue weighted by Crippen LogP contribution is 2.33. The zero-order valence-electron chi connectivity index (χ0n) is 16.5. The summed E-state index contributed by atoms with van der Waals surface area (Å²) in [6.07, 6.45) is -2.75. The van der Waals surface area contributed by atoms with Crippen LogP contribution >= 0.6 is 34.8 Å². The highest BCUT2D eigenvalue weighted by molar-refractivity contribution is 6.76. The zero-order valence-corrected chi connectivity index (χ0v) is 18.7. The van der Waals surface area contributed by atoms with Crippen LogP contribution < -0.4 is 0 Å². The first-order valence-electron chi connectivity index (χ1n) is 8.74. The van der Waals surface area contributed by atoms with Gasteiger partial charge in [0.15, 0.2) is 12.2 Å². The van der Waals surface area contributed by atoms with E-state index in [-0.39, 0.29) is 19.8 Å². The standard InChI is InChI=1S/C18H24Cl3NO8/c1-5-7-25-9-12-13(27-10(3)23)14(26-8-6-2)15(28-11(4)24)16(29-12)30-17(22)18(19,20)21/h5-6,12-16,22H,1-2,7-9H2,3-4H3/t12-,13+,14+,15-,16?/m1/s1. The maximum absolute atomic E-state index is 11.7. The molecule has 9 nitrogen and oxygen atoms in total. The summed E-state index contributed by atoms with van der Waals surface area (Å²) in [4.78, 5) is 23.4. The largest absolute Gasteiger partial charge is 0.457 e. The Labute approximate surface area is 189 Å². The average Bonchev–Trinajstić information content (AvgIpc) is 2.62. The summed E-state index contributed by atoms with van der Waals surface area (Å²) in [6, 6.07) is 0. The van der Waals surface area contributed by atoms with Crippen molar-refractivity contribution in [3.63, 3.8) is 0 Å². The summed E-state index contributed by atoms with van der Waals surface area (Å²) in [5.41, 5.74) is 0. The van der Waals surface area contributed by atoms with Crippen molar-refractivity contribution in [1.29, 1.82) is 5.41 Å². The molecule has 1 aliphatic heterocycles. The molecule has 0 bridgehead atoms. The number of carbonyl (C=O) groups is 2. The Bertz CT molecular complexity index is 639. The number of rotatable bonds is 10. The molecule has 0 aromatic heterocycles. The number of ether oxygens (including phenoxy) is 6. The normalized spacial score (nSPS) is 26.4. The molecule has 0 aromatic rings. The molecule has 1 N–H and O–H groups in total. The number of alkyl halides is 3. The summed E-state index contributed by atoms with van der Waals surface area (Å²) in [7, 11) is 0. The summed E-state index contributed by atoms with van der Waals surface area (Å²) < 4.78 is 30.7. The fourth-order valence-corrected chi connectivity index (χ4v) is 2.71. The molecule has 5 atom stereocenters. The molecular formula is C18H24Cl3NO8. The van der Waals surface area contributed by atoms with Gasteiger partial charge in [0.2, 0.25) is 12.2 Å². The van der Waals surface area contributed by atoms with Crippen molar-refractivity contribution in [2.24, 2.45) is 0 Å². The lowest BCUT2D eigenvalue weighted by Crippen LogP contribution is -2.63. The van der Waals surface area contributed by atoms with Gasteiger partial charge in [-0.1, -0.05) is 47.0 Å². The van der Waals surface area contributed by atoms with Gasteiger partial charge in [0.1, 0.15) is 12.2 Å². The van der Waals surface area contributed by atoms with E-state index in [0.29, 0.717) is 0 Å². The van der Waals surface area contributed by atoms with Crippen LogP contribution in [0.3, 0.4) is 0 Å². The smallest absolute Gasteiger partial charge is 0.303 e. The Hall–Kier alpha value is -1.36. The van der Waals surface area contributed by atoms with Gasteiger partial charge in [-0.2, -0.15) is 0 Å². The molecule has 12 heteroatoms.